The number of nitrogens with one attached hydrogen (secondary N) is 2. The van der Waals surface area contributed by atoms with Crippen molar-refractivity contribution in [3.05, 3.63) is 24.3 Å². The van der Waals surface area contributed by atoms with Crippen LogP contribution in [0.1, 0.15) is 12.8 Å². The number of aliphatic hydroxyl groups is 1. The molecule has 1 fully saturated rings. The highest BCUT2D eigenvalue weighted by molar-refractivity contribution is 7.99. The van der Waals surface area contributed by atoms with Crippen molar-refractivity contribution >= 4 is 23.5 Å². The molecular weight excluding hydrogens is 374 g/mol. The van der Waals surface area contributed by atoms with E-state index in [9.17, 15) is 13.6 Å². The molecule has 0 saturated carbocycles. The van der Waals surface area contributed by atoms with Crippen LogP contribution in [0.5, 0.6) is 0 Å². The zero-order valence-corrected chi connectivity index (χ0v) is 16.2. The number of β-amino-alcohol motifs (C(OH)–C–C–N with tert-alkyl or cyclic N) is 1. The summed E-state index contributed by atoms with van der Waals surface area (Å²) in [5, 5.41) is 14.4. The van der Waals surface area contributed by atoms with E-state index < -0.39 is 5.76 Å². The average Bonchev–Trinajstić information content (AvgIpc) is 2.64. The molecule has 27 heavy (non-hydrogen) atoms. The van der Waals surface area contributed by atoms with Gasteiger partial charge in [-0.15, -0.1) is 0 Å². The Labute approximate surface area is 163 Å². The van der Waals surface area contributed by atoms with Crippen molar-refractivity contribution < 1.29 is 18.7 Å². The zero-order chi connectivity index (χ0) is 19.5. The third kappa shape index (κ3) is 8.42. The summed E-state index contributed by atoms with van der Waals surface area (Å²) in [5.74, 6) is -2.53. The summed E-state index contributed by atoms with van der Waals surface area (Å²) in [6.07, 6.45) is 1.84. The van der Waals surface area contributed by atoms with Crippen LogP contribution in [0.4, 0.5) is 19.3 Å². The molecule has 1 heterocycles. The minimum atomic E-state index is -2.53. The maximum atomic E-state index is 12.6. The number of hydrogen-bond acceptors (Lipinski definition) is 5. The van der Waals surface area contributed by atoms with Gasteiger partial charge in [0, 0.05) is 44.2 Å². The Kier molecular flexibility index (Phi) is 9.82. The van der Waals surface area contributed by atoms with Gasteiger partial charge in [-0.3, -0.25) is 4.90 Å². The van der Waals surface area contributed by atoms with Crippen LogP contribution in [0, 0.1) is 0 Å². The van der Waals surface area contributed by atoms with Gasteiger partial charge in [0.25, 0.3) is 5.76 Å². The average molecular weight is 403 g/mol. The van der Waals surface area contributed by atoms with Crippen LogP contribution in [0.15, 0.2) is 29.2 Å². The van der Waals surface area contributed by atoms with E-state index in [0.29, 0.717) is 28.9 Å². The van der Waals surface area contributed by atoms with Crippen molar-refractivity contribution in [2.24, 2.45) is 0 Å². The highest BCUT2D eigenvalue weighted by Gasteiger charge is 2.15. The maximum absolute atomic E-state index is 12.6. The molecule has 0 aliphatic carbocycles. The van der Waals surface area contributed by atoms with Crippen molar-refractivity contribution in [2.75, 3.05) is 57.7 Å². The zero-order valence-electron chi connectivity index (χ0n) is 15.4. The predicted molar refractivity (Wildman–Crippen MR) is 105 cm³/mol. The van der Waals surface area contributed by atoms with Gasteiger partial charge >= 0.3 is 6.03 Å². The van der Waals surface area contributed by atoms with Crippen LogP contribution < -0.4 is 10.6 Å². The SMILES string of the molecule is O=C(NCCCCN1CCN(CCO)CC1)Nc1ccccc1SC(F)F. The van der Waals surface area contributed by atoms with E-state index in [-0.39, 0.29) is 12.6 Å². The number of nitrogens with zero attached hydrogens (tertiary/aromatic N) is 2. The number of anilines is 1. The van der Waals surface area contributed by atoms with E-state index in [4.69, 9.17) is 5.11 Å². The van der Waals surface area contributed by atoms with Gasteiger partial charge in [-0.05, 0) is 31.5 Å². The quantitative estimate of drug-likeness (QED) is 0.415. The number of carbonyl (C=O) groups excluding carboxylic acids is 1. The Bertz CT molecular complexity index is 572. The number of carbonyl (C=O) groups is 1. The molecule has 0 atom stereocenters. The number of aliphatic hydroxyl groups excluding tert-OH is 1. The number of hydrogen-bond donors (Lipinski definition) is 3. The fourth-order valence-electron chi connectivity index (χ4n) is 2.98. The summed E-state index contributed by atoms with van der Waals surface area (Å²) in [4.78, 5) is 17.0. The highest BCUT2D eigenvalue weighted by Crippen LogP contribution is 2.31. The lowest BCUT2D eigenvalue weighted by atomic mass is 10.2. The van der Waals surface area contributed by atoms with E-state index in [1.807, 2.05) is 0 Å². The fourth-order valence-corrected chi connectivity index (χ4v) is 3.57. The van der Waals surface area contributed by atoms with E-state index in [0.717, 1.165) is 52.1 Å². The topological polar surface area (TPSA) is 67.8 Å². The van der Waals surface area contributed by atoms with Gasteiger partial charge in [0.05, 0.1) is 12.3 Å². The molecule has 0 spiro atoms. The summed E-state index contributed by atoms with van der Waals surface area (Å²) in [7, 11) is 0. The number of para-hydroxylation sites is 1. The van der Waals surface area contributed by atoms with Gasteiger partial charge in [-0.1, -0.05) is 23.9 Å². The first-order chi connectivity index (χ1) is 13.1. The first-order valence-corrected chi connectivity index (χ1v) is 10.1. The van der Waals surface area contributed by atoms with Gasteiger partial charge in [-0.25, -0.2) is 4.79 Å². The number of rotatable bonds is 10. The van der Waals surface area contributed by atoms with Crippen molar-refractivity contribution in [1.29, 1.82) is 0 Å². The van der Waals surface area contributed by atoms with Crippen LogP contribution in [-0.2, 0) is 0 Å². The first kappa shape index (κ1) is 21.9. The second-order valence-corrected chi connectivity index (χ2v) is 7.40. The van der Waals surface area contributed by atoms with Crippen molar-refractivity contribution in [1.82, 2.24) is 15.1 Å². The third-order valence-electron chi connectivity index (χ3n) is 4.42. The number of benzene rings is 1. The van der Waals surface area contributed by atoms with Crippen molar-refractivity contribution in [2.45, 2.75) is 23.5 Å². The number of urea groups is 1. The molecule has 3 N–H and O–H groups in total. The number of thioether (sulfide) groups is 1. The molecule has 1 aromatic carbocycles. The van der Waals surface area contributed by atoms with E-state index in [1.54, 1.807) is 24.3 Å². The molecule has 1 aliphatic rings. The van der Waals surface area contributed by atoms with E-state index in [2.05, 4.69) is 20.4 Å². The molecule has 0 unspecified atom stereocenters. The molecule has 6 nitrogen and oxygen atoms in total. The number of halogens is 2. The highest BCUT2D eigenvalue weighted by atomic mass is 32.2. The Morgan fingerprint density at radius 2 is 1.78 bits per heavy atom. The summed E-state index contributed by atoms with van der Waals surface area (Å²) in [6, 6.07) is 6.16. The molecule has 0 aromatic heterocycles. The van der Waals surface area contributed by atoms with Gasteiger partial charge in [0.1, 0.15) is 0 Å². The molecule has 1 aliphatic heterocycles. The molecule has 1 aromatic rings. The minimum absolute atomic E-state index is 0.207. The van der Waals surface area contributed by atoms with Gasteiger partial charge in [0.15, 0.2) is 0 Å². The second kappa shape index (κ2) is 12.1. The molecule has 152 valence electrons. The summed E-state index contributed by atoms with van der Waals surface area (Å²) >= 11 is 0.419. The lowest BCUT2D eigenvalue weighted by molar-refractivity contribution is 0.111. The number of piperazine rings is 1. The molecule has 0 bridgehead atoms. The van der Waals surface area contributed by atoms with Crippen LogP contribution >= 0.6 is 11.8 Å². The van der Waals surface area contributed by atoms with Crippen molar-refractivity contribution in [3.8, 4) is 0 Å². The van der Waals surface area contributed by atoms with Crippen LogP contribution in [-0.4, -0.2) is 79.1 Å². The van der Waals surface area contributed by atoms with Crippen LogP contribution in [0.3, 0.4) is 0 Å². The predicted octanol–water partition coefficient (Wildman–Crippen LogP) is 2.51. The molecule has 2 rings (SSSR count). The normalized spacial score (nSPS) is 15.9. The Hall–Kier alpha value is -1.42. The number of unbranched alkanes of at least 4 members (excludes halogenated alkanes) is 1. The summed E-state index contributed by atoms with van der Waals surface area (Å²) in [6.45, 7) is 6.46. The molecule has 9 heteroatoms. The Morgan fingerprint density at radius 3 is 2.44 bits per heavy atom. The Balaban J connectivity index is 1.59. The van der Waals surface area contributed by atoms with E-state index >= 15 is 0 Å². The van der Waals surface area contributed by atoms with Gasteiger partial charge < -0.3 is 20.6 Å². The fraction of sp³-hybridized carbons (Fsp3) is 0.611. The van der Waals surface area contributed by atoms with E-state index in [1.165, 1.54) is 0 Å². The third-order valence-corrected chi connectivity index (χ3v) is 5.21. The van der Waals surface area contributed by atoms with Gasteiger partial charge in [0.2, 0.25) is 0 Å². The Morgan fingerprint density at radius 1 is 1.11 bits per heavy atom. The van der Waals surface area contributed by atoms with Crippen molar-refractivity contribution in [3.63, 3.8) is 0 Å². The number of alkyl halides is 2. The minimum Gasteiger partial charge on any atom is -0.395 e. The summed E-state index contributed by atoms with van der Waals surface area (Å²) < 4.78 is 25.1. The monoisotopic (exact) mass is 402 g/mol. The largest absolute Gasteiger partial charge is 0.395 e. The molecule has 2 amide bonds. The maximum Gasteiger partial charge on any atom is 0.319 e. The van der Waals surface area contributed by atoms with Gasteiger partial charge in [-0.2, -0.15) is 8.78 Å². The lowest BCUT2D eigenvalue weighted by Gasteiger charge is -2.34. The second-order valence-electron chi connectivity index (χ2n) is 6.37. The molecule has 0 radical (unpaired) electrons. The molecule has 1 saturated heterocycles. The molecular formula is C18H28F2N4O2S. The van der Waals surface area contributed by atoms with Crippen LogP contribution in [0.25, 0.3) is 0 Å². The lowest BCUT2D eigenvalue weighted by Crippen LogP contribution is -2.47. The van der Waals surface area contributed by atoms with Crippen LogP contribution in [0.2, 0.25) is 0 Å². The summed E-state index contributed by atoms with van der Waals surface area (Å²) in [5.41, 5.74) is 0.390. The number of amides is 2. The smallest absolute Gasteiger partial charge is 0.319 e. The first-order valence-electron chi connectivity index (χ1n) is 9.22. The standard InChI is InChI=1S/C18H28F2N4O2S/c19-17(20)27-16-6-2-1-5-15(16)22-18(26)21-7-3-4-8-23-9-11-24(12-10-23)13-14-25/h1-2,5-6,17,25H,3-4,7-14H2,(H2,21,22,26).